The molecule has 2 aromatic carbocycles. The first-order valence-corrected chi connectivity index (χ1v) is 10.6. The molecule has 1 amide bonds. The second-order valence-corrected chi connectivity index (χ2v) is 8.44. The molecule has 0 fully saturated rings. The summed E-state index contributed by atoms with van der Waals surface area (Å²) in [6.45, 7) is 3.54. The lowest BCUT2D eigenvalue weighted by Crippen LogP contribution is -2.35. The summed E-state index contributed by atoms with van der Waals surface area (Å²) in [4.78, 5) is 30.5. The SMILES string of the molecule is CCOc1ccc2c(=O)c3c(oc2c1)C(=O)N(CCN(C)C)C3c1cccc(Br)c1. The van der Waals surface area contributed by atoms with E-state index in [0.717, 1.165) is 10.0 Å². The van der Waals surface area contributed by atoms with Gasteiger partial charge in [0.05, 0.1) is 23.6 Å². The zero-order chi connectivity index (χ0) is 21.4. The molecule has 0 aliphatic carbocycles. The van der Waals surface area contributed by atoms with E-state index in [0.29, 0.717) is 42.0 Å². The molecule has 7 heteroatoms. The minimum absolute atomic E-state index is 0.116. The van der Waals surface area contributed by atoms with Crippen molar-refractivity contribution in [3.8, 4) is 5.75 Å². The Morgan fingerprint density at radius 2 is 1.97 bits per heavy atom. The minimum atomic E-state index is -0.489. The number of fused-ring (bicyclic) bond motifs is 2. The van der Waals surface area contributed by atoms with Crippen molar-refractivity contribution in [2.45, 2.75) is 13.0 Å². The summed E-state index contributed by atoms with van der Waals surface area (Å²) in [6, 6.07) is 12.3. The van der Waals surface area contributed by atoms with Crippen LogP contribution in [0.5, 0.6) is 5.75 Å². The Labute approximate surface area is 183 Å². The highest BCUT2D eigenvalue weighted by Crippen LogP contribution is 2.39. The van der Waals surface area contributed by atoms with Crippen LogP contribution >= 0.6 is 15.9 Å². The van der Waals surface area contributed by atoms with Gasteiger partial charge in [-0.25, -0.2) is 0 Å². The molecule has 0 spiro atoms. The maximum Gasteiger partial charge on any atom is 0.290 e. The first-order chi connectivity index (χ1) is 14.4. The van der Waals surface area contributed by atoms with E-state index in [4.69, 9.17) is 9.15 Å². The van der Waals surface area contributed by atoms with Crippen LogP contribution in [-0.4, -0.2) is 49.5 Å². The Morgan fingerprint density at radius 1 is 1.17 bits per heavy atom. The Balaban J connectivity index is 1.91. The first kappa shape index (κ1) is 20.6. The third kappa shape index (κ3) is 3.63. The molecule has 1 aliphatic heterocycles. The predicted octanol–water partition coefficient (Wildman–Crippen LogP) is 4.06. The molecule has 4 rings (SSSR count). The van der Waals surface area contributed by atoms with Gasteiger partial charge in [-0.3, -0.25) is 9.59 Å². The topological polar surface area (TPSA) is 63.0 Å². The van der Waals surface area contributed by atoms with Crippen LogP contribution in [0.2, 0.25) is 0 Å². The van der Waals surface area contributed by atoms with E-state index in [1.54, 1.807) is 23.1 Å². The number of rotatable bonds is 6. The van der Waals surface area contributed by atoms with Gasteiger partial charge in [-0.15, -0.1) is 0 Å². The largest absolute Gasteiger partial charge is 0.494 e. The quantitative estimate of drug-likeness (QED) is 0.543. The number of nitrogens with zero attached hydrogens (tertiary/aromatic N) is 2. The number of halogens is 1. The number of benzene rings is 2. The van der Waals surface area contributed by atoms with Crippen molar-refractivity contribution in [2.24, 2.45) is 0 Å². The molecule has 1 aromatic heterocycles. The van der Waals surface area contributed by atoms with Crippen LogP contribution in [0.25, 0.3) is 11.0 Å². The number of carbonyl (C=O) groups excluding carboxylic acids is 1. The van der Waals surface area contributed by atoms with Crippen molar-refractivity contribution in [2.75, 3.05) is 33.8 Å². The normalized spacial score (nSPS) is 15.8. The molecule has 0 N–H and O–H groups in total. The molecule has 3 aromatic rings. The van der Waals surface area contributed by atoms with Gasteiger partial charge in [-0.2, -0.15) is 0 Å². The second kappa shape index (κ2) is 8.24. The van der Waals surface area contributed by atoms with Gasteiger partial charge >= 0.3 is 0 Å². The standard InChI is InChI=1S/C23H23BrN2O4/c1-4-29-16-8-9-17-18(13-16)30-22-19(21(17)27)20(14-6-5-7-15(24)12-14)26(23(22)28)11-10-25(2)3/h5-9,12-13,20H,4,10-11H2,1-3H3. The third-order valence-corrected chi connectivity index (χ3v) is 5.70. The van der Waals surface area contributed by atoms with E-state index in [1.165, 1.54) is 0 Å². The molecule has 2 heterocycles. The van der Waals surface area contributed by atoms with E-state index in [2.05, 4.69) is 15.9 Å². The minimum Gasteiger partial charge on any atom is -0.494 e. The summed E-state index contributed by atoms with van der Waals surface area (Å²) >= 11 is 3.50. The van der Waals surface area contributed by atoms with Gasteiger partial charge in [-0.1, -0.05) is 28.1 Å². The summed E-state index contributed by atoms with van der Waals surface area (Å²) < 4.78 is 12.4. The highest BCUT2D eigenvalue weighted by molar-refractivity contribution is 9.10. The molecular formula is C23H23BrN2O4. The Kier molecular flexibility index (Phi) is 5.66. The lowest BCUT2D eigenvalue weighted by molar-refractivity contribution is 0.0716. The zero-order valence-electron chi connectivity index (χ0n) is 17.1. The third-order valence-electron chi connectivity index (χ3n) is 5.20. The summed E-state index contributed by atoms with van der Waals surface area (Å²) in [5.74, 6) is 0.453. The molecular weight excluding hydrogens is 448 g/mol. The lowest BCUT2D eigenvalue weighted by atomic mass is 9.98. The van der Waals surface area contributed by atoms with Gasteiger partial charge in [-0.05, 0) is 50.8 Å². The van der Waals surface area contributed by atoms with Crippen molar-refractivity contribution in [1.82, 2.24) is 9.80 Å². The molecule has 0 bridgehead atoms. The average Bonchev–Trinajstić information content (AvgIpc) is 2.99. The smallest absolute Gasteiger partial charge is 0.290 e. The molecule has 156 valence electrons. The highest BCUT2D eigenvalue weighted by Gasteiger charge is 2.42. The van der Waals surface area contributed by atoms with E-state index in [-0.39, 0.29) is 17.1 Å². The number of hydrogen-bond acceptors (Lipinski definition) is 5. The number of likely N-dealkylation sites (N-methyl/N-ethyl adjacent to an activating group) is 1. The average molecular weight is 471 g/mol. The van der Waals surface area contributed by atoms with Crippen LogP contribution in [0.4, 0.5) is 0 Å². The van der Waals surface area contributed by atoms with Gasteiger partial charge in [0.2, 0.25) is 5.76 Å². The monoisotopic (exact) mass is 470 g/mol. The van der Waals surface area contributed by atoms with Gasteiger partial charge in [0.1, 0.15) is 11.3 Å². The van der Waals surface area contributed by atoms with Crippen LogP contribution in [0.3, 0.4) is 0 Å². The molecule has 30 heavy (non-hydrogen) atoms. The second-order valence-electron chi connectivity index (χ2n) is 7.52. The maximum absolute atomic E-state index is 13.5. The molecule has 6 nitrogen and oxygen atoms in total. The van der Waals surface area contributed by atoms with Gasteiger partial charge in [0.25, 0.3) is 5.91 Å². The van der Waals surface area contributed by atoms with Crippen molar-refractivity contribution in [3.63, 3.8) is 0 Å². The van der Waals surface area contributed by atoms with E-state index >= 15 is 0 Å². The fraction of sp³-hybridized carbons (Fsp3) is 0.304. The van der Waals surface area contributed by atoms with E-state index < -0.39 is 6.04 Å². The maximum atomic E-state index is 13.5. The van der Waals surface area contributed by atoms with Gasteiger partial charge in [0.15, 0.2) is 5.43 Å². The number of carbonyl (C=O) groups is 1. The summed E-state index contributed by atoms with van der Waals surface area (Å²) in [5, 5.41) is 0.444. The van der Waals surface area contributed by atoms with Crippen LogP contribution in [0, 0.1) is 0 Å². The molecule has 1 unspecified atom stereocenters. The molecule has 0 saturated heterocycles. The highest BCUT2D eigenvalue weighted by atomic mass is 79.9. The molecule has 0 saturated carbocycles. The lowest BCUT2D eigenvalue weighted by Gasteiger charge is -2.26. The van der Waals surface area contributed by atoms with Crippen molar-refractivity contribution < 1.29 is 13.9 Å². The fourth-order valence-electron chi connectivity index (χ4n) is 3.82. The van der Waals surface area contributed by atoms with E-state index in [9.17, 15) is 9.59 Å². The summed E-state index contributed by atoms with van der Waals surface area (Å²) in [7, 11) is 3.91. The number of amides is 1. The molecule has 1 aliphatic rings. The van der Waals surface area contributed by atoms with Crippen molar-refractivity contribution in [1.29, 1.82) is 0 Å². The van der Waals surface area contributed by atoms with Crippen LogP contribution in [0.1, 0.15) is 34.6 Å². The summed E-state index contributed by atoms with van der Waals surface area (Å²) in [6.07, 6.45) is 0. The Bertz CT molecular complexity index is 1170. The van der Waals surface area contributed by atoms with Crippen molar-refractivity contribution >= 4 is 32.8 Å². The van der Waals surface area contributed by atoms with Crippen molar-refractivity contribution in [3.05, 3.63) is 74.0 Å². The van der Waals surface area contributed by atoms with Crippen LogP contribution in [-0.2, 0) is 0 Å². The fourth-order valence-corrected chi connectivity index (χ4v) is 4.23. The van der Waals surface area contributed by atoms with Crippen LogP contribution in [0.15, 0.2) is 56.1 Å². The molecule has 0 radical (unpaired) electrons. The van der Waals surface area contributed by atoms with Gasteiger partial charge in [0, 0.05) is 23.6 Å². The zero-order valence-corrected chi connectivity index (χ0v) is 18.7. The Morgan fingerprint density at radius 3 is 2.67 bits per heavy atom. The number of hydrogen-bond donors (Lipinski definition) is 0. The van der Waals surface area contributed by atoms with Gasteiger partial charge < -0.3 is 19.0 Å². The summed E-state index contributed by atoms with van der Waals surface area (Å²) in [5.41, 5.74) is 1.45. The predicted molar refractivity (Wildman–Crippen MR) is 119 cm³/mol. The first-order valence-electron chi connectivity index (χ1n) is 9.85. The van der Waals surface area contributed by atoms with E-state index in [1.807, 2.05) is 50.2 Å². The van der Waals surface area contributed by atoms with Crippen LogP contribution < -0.4 is 10.2 Å². The molecule has 1 atom stereocenters. The Hall–Kier alpha value is -2.64. The number of ether oxygens (including phenoxy) is 1.